The zero-order chi connectivity index (χ0) is 21.5. The van der Waals surface area contributed by atoms with Crippen molar-refractivity contribution < 1.29 is 20.1 Å². The number of carbonyl (C=O) groups is 1. The number of phenols is 2. The van der Waals surface area contributed by atoms with E-state index in [0.717, 1.165) is 16.7 Å². The molecule has 4 nitrogen and oxygen atoms in total. The second-order valence-corrected chi connectivity index (χ2v) is 8.48. The topological polar surface area (TPSA) is 77.8 Å². The fourth-order valence-corrected chi connectivity index (χ4v) is 4.02. The van der Waals surface area contributed by atoms with E-state index in [1.807, 2.05) is 58.9 Å². The normalized spacial score (nSPS) is 14.9. The number of aromatic hydroxyl groups is 2. The minimum absolute atomic E-state index is 0.000579. The molecule has 3 rings (SSSR count). The van der Waals surface area contributed by atoms with Gasteiger partial charge in [0, 0.05) is 6.08 Å². The van der Waals surface area contributed by atoms with Gasteiger partial charge < -0.3 is 15.3 Å². The summed E-state index contributed by atoms with van der Waals surface area (Å²) in [6.07, 6.45) is 6.26. The van der Waals surface area contributed by atoms with Gasteiger partial charge >= 0.3 is 0 Å². The number of phenolic OH excluding ortho intramolecular Hbond substituents is 2. The second-order valence-electron chi connectivity index (χ2n) is 8.48. The molecule has 0 atom stereocenters. The minimum atomic E-state index is -0.858. The first-order valence-electron chi connectivity index (χ1n) is 9.79. The molecule has 0 fully saturated rings. The monoisotopic (exact) mass is 392 g/mol. The second kappa shape index (κ2) is 7.43. The average Bonchev–Trinajstić information content (AvgIpc) is 2.59. The fourth-order valence-electron chi connectivity index (χ4n) is 4.02. The lowest BCUT2D eigenvalue weighted by molar-refractivity contribution is 0.102. The van der Waals surface area contributed by atoms with Crippen molar-refractivity contribution in [3.63, 3.8) is 0 Å². The lowest BCUT2D eigenvalue weighted by Crippen LogP contribution is -2.34. The molecule has 0 aliphatic heterocycles. The van der Waals surface area contributed by atoms with Gasteiger partial charge in [-0.2, -0.15) is 0 Å². The highest BCUT2D eigenvalue weighted by Crippen LogP contribution is 2.49. The van der Waals surface area contributed by atoms with Crippen molar-refractivity contribution in [1.82, 2.24) is 0 Å². The third-order valence-corrected chi connectivity index (χ3v) is 5.57. The molecule has 1 aliphatic carbocycles. The van der Waals surface area contributed by atoms with E-state index < -0.39 is 11.2 Å². The molecule has 0 saturated heterocycles. The molecule has 4 heteroatoms. The predicted molar refractivity (Wildman–Crippen MR) is 117 cm³/mol. The Kier molecular flexibility index (Phi) is 5.31. The van der Waals surface area contributed by atoms with Gasteiger partial charge in [-0.1, -0.05) is 29.4 Å². The van der Waals surface area contributed by atoms with E-state index in [4.69, 9.17) is 0 Å². The van der Waals surface area contributed by atoms with Crippen LogP contribution in [0.1, 0.15) is 62.0 Å². The summed E-state index contributed by atoms with van der Waals surface area (Å²) in [4.78, 5) is 12.8. The molecule has 0 spiro atoms. The number of ketones is 1. The largest absolute Gasteiger partial charge is 0.511 e. The van der Waals surface area contributed by atoms with Gasteiger partial charge in [-0.05, 0) is 76.1 Å². The van der Waals surface area contributed by atoms with E-state index >= 15 is 0 Å². The summed E-state index contributed by atoms with van der Waals surface area (Å²) in [6, 6.07) is 5.26. The molecule has 0 heterocycles. The van der Waals surface area contributed by atoms with Gasteiger partial charge in [0.2, 0.25) is 0 Å². The molecule has 0 aromatic heterocycles. The smallest absolute Gasteiger partial charge is 0.193 e. The van der Waals surface area contributed by atoms with Crippen molar-refractivity contribution in [2.75, 3.05) is 0 Å². The van der Waals surface area contributed by atoms with Crippen molar-refractivity contribution in [1.29, 1.82) is 0 Å². The molecule has 2 aromatic rings. The van der Waals surface area contributed by atoms with Crippen LogP contribution in [0.15, 0.2) is 53.3 Å². The standard InChI is InChI=1S/C25H28O4/c1-14(2)6-8-25(9-7-15(3)4)18-12-17-10-16(5)11-19(26)22(17)24(29)23(18)20(27)13-21(25)28/h6-7,10-13,26,28-29H,8-9H2,1-5H3. The SMILES string of the molecule is CC(C)=CCC1(CC=C(C)C)C(O)=CC(=O)c2c1cc1cc(C)cc(O)c1c2O. The highest BCUT2D eigenvalue weighted by atomic mass is 16.3. The number of allylic oxidation sites excluding steroid dienone is 6. The first-order valence-corrected chi connectivity index (χ1v) is 9.79. The zero-order valence-electron chi connectivity index (χ0n) is 17.6. The summed E-state index contributed by atoms with van der Waals surface area (Å²) < 4.78 is 0. The van der Waals surface area contributed by atoms with E-state index in [1.165, 1.54) is 6.08 Å². The van der Waals surface area contributed by atoms with Crippen LogP contribution in [0.2, 0.25) is 0 Å². The fraction of sp³-hybridized carbons (Fsp3) is 0.320. The Morgan fingerprint density at radius 1 is 0.966 bits per heavy atom. The summed E-state index contributed by atoms with van der Waals surface area (Å²) >= 11 is 0. The minimum Gasteiger partial charge on any atom is -0.511 e. The number of hydrogen-bond donors (Lipinski definition) is 3. The summed E-state index contributed by atoms with van der Waals surface area (Å²) in [5.41, 5.74) is 2.93. The molecule has 1 aliphatic rings. The van der Waals surface area contributed by atoms with E-state index in [0.29, 0.717) is 23.8 Å². The third-order valence-electron chi connectivity index (χ3n) is 5.57. The van der Waals surface area contributed by atoms with Crippen molar-refractivity contribution >= 4 is 16.6 Å². The number of hydrogen-bond acceptors (Lipinski definition) is 4. The van der Waals surface area contributed by atoms with Crippen LogP contribution in [0.25, 0.3) is 10.8 Å². The van der Waals surface area contributed by atoms with Gasteiger partial charge in [0.25, 0.3) is 0 Å². The van der Waals surface area contributed by atoms with Gasteiger partial charge in [-0.15, -0.1) is 0 Å². The van der Waals surface area contributed by atoms with Gasteiger partial charge in [0.1, 0.15) is 17.3 Å². The van der Waals surface area contributed by atoms with Crippen molar-refractivity contribution in [2.24, 2.45) is 0 Å². The first-order chi connectivity index (χ1) is 13.6. The van der Waals surface area contributed by atoms with Crippen LogP contribution >= 0.6 is 0 Å². The maximum Gasteiger partial charge on any atom is 0.193 e. The Bertz CT molecular complexity index is 1070. The molecule has 3 N–H and O–H groups in total. The molecule has 29 heavy (non-hydrogen) atoms. The molecule has 0 unspecified atom stereocenters. The first kappa shape index (κ1) is 20.7. The molecular weight excluding hydrogens is 364 g/mol. The van der Waals surface area contributed by atoms with Crippen molar-refractivity contribution in [3.05, 3.63) is 70.0 Å². The van der Waals surface area contributed by atoms with E-state index in [1.54, 1.807) is 6.07 Å². The quantitative estimate of drug-likeness (QED) is 0.546. The highest BCUT2D eigenvalue weighted by molar-refractivity contribution is 6.14. The van der Waals surface area contributed by atoms with E-state index in [9.17, 15) is 20.1 Å². The average molecular weight is 392 g/mol. The maximum atomic E-state index is 12.8. The summed E-state index contributed by atoms with van der Waals surface area (Å²) in [7, 11) is 0. The lowest BCUT2D eigenvalue weighted by atomic mass is 9.67. The Hall–Kier alpha value is -3.01. The van der Waals surface area contributed by atoms with Crippen LogP contribution in [0.5, 0.6) is 11.5 Å². The Morgan fingerprint density at radius 3 is 2.10 bits per heavy atom. The summed E-state index contributed by atoms with van der Waals surface area (Å²) in [5.74, 6) is -0.754. The van der Waals surface area contributed by atoms with Crippen LogP contribution in [0, 0.1) is 6.92 Å². The number of carbonyl (C=O) groups excluding carboxylic acids is 1. The Morgan fingerprint density at radius 2 is 1.55 bits per heavy atom. The van der Waals surface area contributed by atoms with E-state index in [2.05, 4.69) is 0 Å². The molecule has 152 valence electrons. The summed E-state index contributed by atoms with van der Waals surface area (Å²) in [5, 5.41) is 33.3. The maximum absolute atomic E-state index is 12.8. The van der Waals surface area contributed by atoms with Gasteiger partial charge in [0.05, 0.1) is 16.4 Å². The number of aryl methyl sites for hydroxylation is 1. The van der Waals surface area contributed by atoms with Gasteiger partial charge in [-0.3, -0.25) is 4.79 Å². The Balaban J connectivity index is 2.42. The number of benzene rings is 2. The number of rotatable bonds is 4. The Labute approximate surface area is 171 Å². The van der Waals surface area contributed by atoms with Crippen LogP contribution in [0.4, 0.5) is 0 Å². The third kappa shape index (κ3) is 3.55. The van der Waals surface area contributed by atoms with Crippen molar-refractivity contribution in [3.8, 4) is 11.5 Å². The molecule has 2 aromatic carbocycles. The highest BCUT2D eigenvalue weighted by Gasteiger charge is 2.43. The van der Waals surface area contributed by atoms with Gasteiger partial charge in [0.15, 0.2) is 5.78 Å². The predicted octanol–water partition coefficient (Wildman–Crippen LogP) is 6.15. The van der Waals surface area contributed by atoms with Gasteiger partial charge in [-0.25, -0.2) is 0 Å². The number of fused-ring (bicyclic) bond motifs is 2. The number of aliphatic hydroxyl groups is 1. The van der Waals surface area contributed by atoms with Crippen LogP contribution in [-0.4, -0.2) is 21.1 Å². The number of aliphatic hydroxyl groups excluding tert-OH is 1. The molecular formula is C25H28O4. The molecule has 0 bridgehead atoms. The van der Waals surface area contributed by atoms with Crippen molar-refractivity contribution in [2.45, 2.75) is 52.9 Å². The van der Waals surface area contributed by atoms with Crippen LogP contribution in [0.3, 0.4) is 0 Å². The van der Waals surface area contributed by atoms with E-state index in [-0.39, 0.29) is 28.2 Å². The molecule has 0 amide bonds. The van der Waals surface area contributed by atoms with Crippen LogP contribution in [-0.2, 0) is 5.41 Å². The summed E-state index contributed by atoms with van der Waals surface area (Å²) in [6.45, 7) is 9.82. The zero-order valence-corrected chi connectivity index (χ0v) is 17.6. The lowest BCUT2D eigenvalue weighted by Gasteiger charge is -2.37. The molecule has 0 radical (unpaired) electrons. The molecule has 0 saturated carbocycles. The van der Waals surface area contributed by atoms with Crippen LogP contribution < -0.4 is 0 Å².